The summed E-state index contributed by atoms with van der Waals surface area (Å²) in [4.78, 5) is 0. The monoisotopic (exact) mass is 128 g/mol. The maximum atomic E-state index is 8.17. The predicted octanol–water partition coefficient (Wildman–Crippen LogP) is 0.818. The van der Waals surface area contributed by atoms with Crippen LogP contribution in [0.15, 0.2) is 0 Å². The van der Waals surface area contributed by atoms with Gasteiger partial charge in [0.2, 0.25) is 0 Å². The van der Waals surface area contributed by atoms with Crippen molar-refractivity contribution in [3.8, 4) is 0 Å². The Morgan fingerprint density at radius 2 is 2.20 bits per heavy atom. The van der Waals surface area contributed by atoms with E-state index in [9.17, 15) is 0 Å². The second-order valence-corrected chi connectivity index (χ2v) is 4.68. The molecule has 0 aliphatic heterocycles. The van der Waals surface area contributed by atoms with Crippen molar-refractivity contribution in [1.82, 2.24) is 0 Å². The summed E-state index contributed by atoms with van der Waals surface area (Å²) in [5, 5.41) is 0. The van der Waals surface area contributed by atoms with Gasteiger partial charge < -0.3 is 4.55 Å². The van der Waals surface area contributed by atoms with Crippen LogP contribution in [0.5, 0.6) is 0 Å². The van der Waals surface area contributed by atoms with Gasteiger partial charge in [-0.3, -0.25) is 0 Å². The van der Waals surface area contributed by atoms with E-state index in [0.717, 1.165) is 0 Å². The first-order chi connectivity index (χ1) is 2.27. The van der Waals surface area contributed by atoms with E-state index in [2.05, 4.69) is 11.2 Å². The molecule has 0 heterocycles. The molecule has 1 nitrogen and oxygen atoms in total. The lowest BCUT2D eigenvalue weighted by atomic mass is 12.0. The van der Waals surface area contributed by atoms with Gasteiger partial charge in [-0.25, -0.2) is 0 Å². The fourth-order valence-corrected chi connectivity index (χ4v) is 0. The zero-order chi connectivity index (χ0) is 4.28. The van der Waals surface area contributed by atoms with Crippen LogP contribution < -0.4 is 0 Å². The lowest BCUT2D eigenvalue weighted by Crippen LogP contribution is -1.65. The van der Waals surface area contributed by atoms with E-state index in [1.165, 1.54) is 10.8 Å². The minimum Gasteiger partial charge on any atom is -0.319 e. The van der Waals surface area contributed by atoms with E-state index >= 15 is 0 Å². The summed E-state index contributed by atoms with van der Waals surface area (Å²) in [5.41, 5.74) is 0. The van der Waals surface area contributed by atoms with Crippen LogP contribution in [0.25, 0.3) is 0 Å². The van der Waals surface area contributed by atoms with Gasteiger partial charge in [-0.1, -0.05) is 10.8 Å². The van der Waals surface area contributed by atoms with Gasteiger partial charge in [0.15, 0.2) is 0 Å². The molecule has 0 saturated heterocycles. The molecule has 0 amide bonds. The van der Waals surface area contributed by atoms with Crippen molar-refractivity contribution in [2.75, 3.05) is 6.26 Å². The Labute approximate surface area is 42.0 Å². The molecular weight excluding hydrogens is 124 g/mol. The maximum absolute atomic E-state index is 8.17. The fourth-order valence-electron chi connectivity index (χ4n) is 0. The van der Waals surface area contributed by atoms with Gasteiger partial charge in [0, 0.05) is 0 Å². The first kappa shape index (κ1) is 5.88. The normalized spacial score (nSPS) is 14.8. The van der Waals surface area contributed by atoms with Crippen molar-refractivity contribution in [3.63, 3.8) is 0 Å². The van der Waals surface area contributed by atoms with Crippen molar-refractivity contribution >= 4 is 30.7 Å². The van der Waals surface area contributed by atoms with E-state index in [1.54, 1.807) is 6.26 Å². The third-order valence-corrected chi connectivity index (χ3v) is 2.51. The standard InChI is InChI=1S/CH4OS3/c1-4-5(2)3/h1H3,(H,2,3). The molecule has 0 radical (unpaired) electrons. The molecule has 0 rings (SSSR count). The summed E-state index contributed by atoms with van der Waals surface area (Å²) in [5.74, 6) is 0. The van der Waals surface area contributed by atoms with Crippen LogP contribution in [0.4, 0.5) is 0 Å². The fraction of sp³-hybridized carbons (Fsp3) is 1.00. The Morgan fingerprint density at radius 3 is 2.20 bits per heavy atom. The van der Waals surface area contributed by atoms with Crippen LogP contribution >= 0.6 is 10.8 Å². The molecule has 1 atom stereocenters. The molecule has 0 aromatic heterocycles. The minimum atomic E-state index is -0.823. The average Bonchev–Trinajstić information content (AvgIpc) is 1.38. The number of hydrogen-bond donors (Lipinski definition) is 1. The molecule has 0 bridgehead atoms. The molecule has 0 aromatic rings. The lowest BCUT2D eigenvalue weighted by molar-refractivity contribution is 0.669. The SMILES string of the molecule is CSS(O)=S. The van der Waals surface area contributed by atoms with Gasteiger partial charge in [-0.2, -0.15) is 0 Å². The highest BCUT2D eigenvalue weighted by Crippen LogP contribution is 1.93. The molecule has 0 aromatic carbocycles. The summed E-state index contributed by atoms with van der Waals surface area (Å²) >= 11 is 4.33. The second-order valence-electron chi connectivity index (χ2n) is 0.384. The Kier molecular flexibility index (Phi) is 3.63. The molecule has 5 heavy (non-hydrogen) atoms. The van der Waals surface area contributed by atoms with Crippen LogP contribution in [0.3, 0.4) is 0 Å². The van der Waals surface area contributed by atoms with E-state index in [-0.39, 0.29) is 0 Å². The highest BCUT2D eigenvalue weighted by atomic mass is 33.3. The first-order valence-electron chi connectivity index (χ1n) is 0.924. The largest absolute Gasteiger partial charge is 0.319 e. The summed E-state index contributed by atoms with van der Waals surface area (Å²) in [6, 6.07) is 0. The Morgan fingerprint density at radius 1 is 2.00 bits per heavy atom. The van der Waals surface area contributed by atoms with Gasteiger partial charge in [0.1, 0.15) is 0 Å². The smallest absolute Gasteiger partial charge is 0.0653 e. The molecule has 0 spiro atoms. The molecule has 1 unspecified atom stereocenters. The van der Waals surface area contributed by atoms with Gasteiger partial charge in [0.05, 0.1) is 8.77 Å². The minimum absolute atomic E-state index is 0.823. The summed E-state index contributed by atoms with van der Waals surface area (Å²) in [7, 11) is 0.455. The highest BCUT2D eigenvalue weighted by molar-refractivity contribution is 8.80. The summed E-state index contributed by atoms with van der Waals surface area (Å²) < 4.78 is 8.17. The Bertz CT molecular complexity index is 42.2. The van der Waals surface area contributed by atoms with Crippen LogP contribution in [0.2, 0.25) is 0 Å². The van der Waals surface area contributed by atoms with Gasteiger partial charge in [0.25, 0.3) is 0 Å². The predicted molar refractivity (Wildman–Crippen MR) is 30.9 cm³/mol. The molecule has 32 valence electrons. The van der Waals surface area contributed by atoms with Crippen molar-refractivity contribution in [3.05, 3.63) is 0 Å². The summed E-state index contributed by atoms with van der Waals surface area (Å²) in [6.07, 6.45) is 1.77. The molecule has 0 aliphatic rings. The third kappa shape index (κ3) is 4.88. The Balaban J connectivity index is 2.85. The number of hydrogen-bond acceptors (Lipinski definition) is 2. The maximum Gasteiger partial charge on any atom is 0.0653 e. The van der Waals surface area contributed by atoms with Crippen molar-refractivity contribution in [2.45, 2.75) is 0 Å². The molecular formula is CH4OS3. The first-order valence-corrected chi connectivity index (χ1v) is 4.77. The van der Waals surface area contributed by atoms with E-state index < -0.39 is 8.77 Å². The van der Waals surface area contributed by atoms with Crippen molar-refractivity contribution < 1.29 is 4.55 Å². The van der Waals surface area contributed by atoms with Gasteiger partial charge in [-0.05, 0) is 17.4 Å². The van der Waals surface area contributed by atoms with E-state index in [0.29, 0.717) is 0 Å². The van der Waals surface area contributed by atoms with E-state index in [1.807, 2.05) is 0 Å². The van der Waals surface area contributed by atoms with Gasteiger partial charge in [-0.15, -0.1) is 0 Å². The lowest BCUT2D eigenvalue weighted by Gasteiger charge is -1.78. The van der Waals surface area contributed by atoms with Crippen molar-refractivity contribution in [1.29, 1.82) is 0 Å². The molecule has 0 fully saturated rings. The zero-order valence-electron chi connectivity index (χ0n) is 2.67. The third-order valence-electron chi connectivity index (χ3n) is 0.143. The Hall–Kier alpha value is 0.880. The van der Waals surface area contributed by atoms with Crippen LogP contribution in [-0.4, -0.2) is 10.8 Å². The number of rotatable bonds is 1. The second kappa shape index (κ2) is 3.08. The molecule has 0 aliphatic carbocycles. The van der Waals surface area contributed by atoms with Crippen LogP contribution in [0, 0.1) is 0 Å². The molecule has 1 N–H and O–H groups in total. The van der Waals surface area contributed by atoms with Gasteiger partial charge >= 0.3 is 0 Å². The van der Waals surface area contributed by atoms with E-state index in [4.69, 9.17) is 4.55 Å². The van der Waals surface area contributed by atoms with Crippen LogP contribution in [-0.2, 0) is 20.0 Å². The quantitative estimate of drug-likeness (QED) is 0.528. The summed E-state index contributed by atoms with van der Waals surface area (Å²) in [6.45, 7) is 0. The molecule has 4 heteroatoms. The van der Waals surface area contributed by atoms with Crippen molar-refractivity contribution in [2.24, 2.45) is 0 Å². The zero-order valence-corrected chi connectivity index (χ0v) is 5.12. The highest BCUT2D eigenvalue weighted by Gasteiger charge is 1.70. The average molecular weight is 128 g/mol. The molecule has 0 saturated carbocycles. The topological polar surface area (TPSA) is 20.2 Å². The van der Waals surface area contributed by atoms with Crippen LogP contribution in [0.1, 0.15) is 0 Å².